The molecule has 1 N–H and O–H groups in total. The number of nitrogens with zero attached hydrogens (tertiary/aromatic N) is 3. The van der Waals surface area contributed by atoms with Crippen LogP contribution in [0.3, 0.4) is 0 Å². The van der Waals surface area contributed by atoms with Crippen molar-refractivity contribution in [1.82, 2.24) is 15.3 Å². The fourth-order valence-electron chi connectivity index (χ4n) is 2.28. The first-order chi connectivity index (χ1) is 9.03. The molecule has 1 aliphatic rings. The number of hydrogen-bond acceptors (Lipinski definition) is 5. The number of aryl methyl sites for hydroxylation is 1. The van der Waals surface area contributed by atoms with Gasteiger partial charge in [0.15, 0.2) is 0 Å². The van der Waals surface area contributed by atoms with Crippen molar-refractivity contribution in [2.45, 2.75) is 39.7 Å². The van der Waals surface area contributed by atoms with E-state index in [2.05, 4.69) is 41.0 Å². The first-order valence-corrected chi connectivity index (χ1v) is 7.00. The molecule has 0 unspecified atom stereocenters. The standard InChI is InChI=1S/C14H24N4O/c1-5-8-19-12-9-11(2)16-13(17-12)18-7-6-15-10-14(18,3)4/h9,15H,5-8,10H2,1-4H3. The molecule has 0 saturated carbocycles. The molecule has 1 aromatic rings. The molecule has 0 spiro atoms. The summed E-state index contributed by atoms with van der Waals surface area (Å²) in [5, 5.41) is 3.41. The van der Waals surface area contributed by atoms with E-state index < -0.39 is 0 Å². The fraction of sp³-hybridized carbons (Fsp3) is 0.714. The third-order valence-corrected chi connectivity index (χ3v) is 3.31. The fourth-order valence-corrected chi connectivity index (χ4v) is 2.28. The summed E-state index contributed by atoms with van der Waals surface area (Å²) in [4.78, 5) is 11.4. The molecular weight excluding hydrogens is 240 g/mol. The van der Waals surface area contributed by atoms with Crippen molar-refractivity contribution in [3.8, 4) is 5.88 Å². The van der Waals surface area contributed by atoms with E-state index in [4.69, 9.17) is 4.74 Å². The van der Waals surface area contributed by atoms with Crippen LogP contribution < -0.4 is 15.0 Å². The third-order valence-electron chi connectivity index (χ3n) is 3.31. The van der Waals surface area contributed by atoms with Gasteiger partial charge in [-0.1, -0.05) is 6.92 Å². The molecule has 0 aliphatic carbocycles. The van der Waals surface area contributed by atoms with Crippen molar-refractivity contribution in [2.75, 3.05) is 31.1 Å². The molecule has 1 aromatic heterocycles. The van der Waals surface area contributed by atoms with Gasteiger partial charge in [-0.05, 0) is 27.2 Å². The maximum Gasteiger partial charge on any atom is 0.229 e. The first kappa shape index (κ1) is 14.1. The second-order valence-electron chi connectivity index (χ2n) is 5.64. The van der Waals surface area contributed by atoms with Crippen LogP contribution in [0.15, 0.2) is 6.07 Å². The molecule has 106 valence electrons. The van der Waals surface area contributed by atoms with Gasteiger partial charge in [0.2, 0.25) is 11.8 Å². The summed E-state index contributed by atoms with van der Waals surface area (Å²) in [6.07, 6.45) is 0.984. The predicted molar refractivity (Wildman–Crippen MR) is 76.8 cm³/mol. The Morgan fingerprint density at radius 2 is 2.21 bits per heavy atom. The van der Waals surface area contributed by atoms with Crippen LogP contribution in [-0.4, -0.2) is 41.7 Å². The van der Waals surface area contributed by atoms with E-state index in [9.17, 15) is 0 Å². The second-order valence-corrected chi connectivity index (χ2v) is 5.64. The minimum atomic E-state index is 0.0219. The van der Waals surface area contributed by atoms with Crippen molar-refractivity contribution < 1.29 is 4.74 Å². The zero-order valence-electron chi connectivity index (χ0n) is 12.4. The minimum Gasteiger partial charge on any atom is -0.478 e. The SMILES string of the molecule is CCCOc1cc(C)nc(N2CCNCC2(C)C)n1. The molecule has 0 bridgehead atoms. The molecule has 1 saturated heterocycles. The van der Waals surface area contributed by atoms with Gasteiger partial charge in [0.05, 0.1) is 6.61 Å². The number of piperazine rings is 1. The van der Waals surface area contributed by atoms with Crippen LogP contribution >= 0.6 is 0 Å². The van der Waals surface area contributed by atoms with E-state index in [1.165, 1.54) is 0 Å². The zero-order valence-corrected chi connectivity index (χ0v) is 12.4. The lowest BCUT2D eigenvalue weighted by Gasteiger charge is -2.42. The third kappa shape index (κ3) is 3.35. The monoisotopic (exact) mass is 264 g/mol. The van der Waals surface area contributed by atoms with Gasteiger partial charge in [0.1, 0.15) is 0 Å². The largest absolute Gasteiger partial charge is 0.478 e. The summed E-state index contributed by atoms with van der Waals surface area (Å²) in [5.41, 5.74) is 0.971. The van der Waals surface area contributed by atoms with Gasteiger partial charge in [-0.3, -0.25) is 0 Å². The highest BCUT2D eigenvalue weighted by atomic mass is 16.5. The summed E-state index contributed by atoms with van der Waals surface area (Å²) in [5.74, 6) is 1.45. The van der Waals surface area contributed by atoms with Crippen LogP contribution in [0, 0.1) is 6.92 Å². The van der Waals surface area contributed by atoms with E-state index in [0.717, 1.165) is 37.7 Å². The van der Waals surface area contributed by atoms with Crippen LogP contribution in [0.4, 0.5) is 5.95 Å². The summed E-state index contributed by atoms with van der Waals surface area (Å²) >= 11 is 0. The summed E-state index contributed by atoms with van der Waals surface area (Å²) in [6.45, 7) is 12.0. The summed E-state index contributed by atoms with van der Waals surface area (Å²) < 4.78 is 5.64. The van der Waals surface area contributed by atoms with Gasteiger partial charge >= 0.3 is 0 Å². The van der Waals surface area contributed by atoms with Crippen molar-refractivity contribution in [2.24, 2.45) is 0 Å². The Kier molecular flexibility index (Phi) is 4.24. The molecule has 1 fully saturated rings. The Morgan fingerprint density at radius 3 is 2.89 bits per heavy atom. The average molecular weight is 264 g/mol. The number of hydrogen-bond donors (Lipinski definition) is 1. The van der Waals surface area contributed by atoms with Gasteiger partial charge in [-0.25, -0.2) is 4.98 Å². The maximum atomic E-state index is 5.64. The molecule has 0 amide bonds. The van der Waals surface area contributed by atoms with Crippen LogP contribution in [0.25, 0.3) is 0 Å². The quantitative estimate of drug-likeness (QED) is 0.898. The molecule has 2 heterocycles. The van der Waals surface area contributed by atoms with Crippen molar-refractivity contribution in [3.05, 3.63) is 11.8 Å². The highest BCUT2D eigenvalue weighted by molar-refractivity contribution is 5.38. The Hall–Kier alpha value is -1.36. The molecule has 0 aromatic carbocycles. The maximum absolute atomic E-state index is 5.64. The minimum absolute atomic E-state index is 0.0219. The van der Waals surface area contributed by atoms with E-state index >= 15 is 0 Å². The highest BCUT2D eigenvalue weighted by Gasteiger charge is 2.31. The number of aromatic nitrogens is 2. The smallest absolute Gasteiger partial charge is 0.229 e. The second kappa shape index (κ2) is 5.74. The molecule has 19 heavy (non-hydrogen) atoms. The van der Waals surface area contributed by atoms with Crippen molar-refractivity contribution in [1.29, 1.82) is 0 Å². The molecule has 1 aliphatic heterocycles. The lowest BCUT2D eigenvalue weighted by molar-refractivity contribution is 0.302. The van der Waals surface area contributed by atoms with E-state index in [-0.39, 0.29) is 5.54 Å². The van der Waals surface area contributed by atoms with Crippen LogP contribution in [0.1, 0.15) is 32.9 Å². The number of ether oxygens (including phenoxy) is 1. The number of nitrogens with one attached hydrogen (secondary N) is 1. The van der Waals surface area contributed by atoms with Gasteiger partial charge in [0, 0.05) is 36.9 Å². The summed E-state index contributed by atoms with van der Waals surface area (Å²) in [7, 11) is 0. The van der Waals surface area contributed by atoms with E-state index in [0.29, 0.717) is 12.5 Å². The Balaban J connectivity index is 2.25. The normalized spacial score (nSPS) is 18.4. The molecule has 2 rings (SSSR count). The summed E-state index contributed by atoms with van der Waals surface area (Å²) in [6, 6.07) is 1.90. The van der Waals surface area contributed by atoms with Crippen LogP contribution in [-0.2, 0) is 0 Å². The molecule has 0 atom stereocenters. The van der Waals surface area contributed by atoms with Crippen molar-refractivity contribution >= 4 is 5.95 Å². The average Bonchev–Trinajstić information content (AvgIpc) is 2.35. The lowest BCUT2D eigenvalue weighted by atomic mass is 10.0. The van der Waals surface area contributed by atoms with Gasteiger partial charge in [-0.15, -0.1) is 0 Å². The van der Waals surface area contributed by atoms with Crippen LogP contribution in [0.2, 0.25) is 0 Å². The number of anilines is 1. The van der Waals surface area contributed by atoms with E-state index in [1.54, 1.807) is 0 Å². The molecule has 5 heteroatoms. The Morgan fingerprint density at radius 1 is 1.42 bits per heavy atom. The molecule has 5 nitrogen and oxygen atoms in total. The van der Waals surface area contributed by atoms with Crippen LogP contribution in [0.5, 0.6) is 5.88 Å². The van der Waals surface area contributed by atoms with E-state index in [1.807, 2.05) is 13.0 Å². The molecular formula is C14H24N4O. The van der Waals surface area contributed by atoms with Gasteiger partial charge in [-0.2, -0.15) is 4.98 Å². The lowest BCUT2D eigenvalue weighted by Crippen LogP contribution is -2.58. The Labute approximate surface area is 115 Å². The highest BCUT2D eigenvalue weighted by Crippen LogP contribution is 2.24. The number of rotatable bonds is 4. The molecule has 0 radical (unpaired) electrons. The topological polar surface area (TPSA) is 50.3 Å². The zero-order chi connectivity index (χ0) is 13.9. The first-order valence-electron chi connectivity index (χ1n) is 7.00. The predicted octanol–water partition coefficient (Wildman–Crippen LogP) is 1.76. The van der Waals surface area contributed by atoms with Crippen molar-refractivity contribution in [3.63, 3.8) is 0 Å². The Bertz CT molecular complexity index is 433. The van der Waals surface area contributed by atoms with Gasteiger partial charge in [0.25, 0.3) is 0 Å². The van der Waals surface area contributed by atoms with Gasteiger partial charge < -0.3 is 15.0 Å².